The molecule has 2 aliphatic rings. The lowest BCUT2D eigenvalue weighted by Crippen LogP contribution is -2.52. The maximum Gasteiger partial charge on any atom is 0.317 e. The number of urea groups is 1. The third-order valence-electron chi connectivity index (χ3n) is 7.14. The standard InChI is InChI=1S/C26H41ClN4O3/c1-28-16-23(14-19-8-4-3-5-9-19)30-26(33)31-13-7-11-21(17-31)25(34-18-24(32)29-2)20-10-6-12-22(27)15-20/h6,10,12,15,19,21,23,25,28H,3-5,7-9,11,13-14,16-18H2,1-2H3,(H,29,32)(H,30,33)/t21-,23+,25?/m1/s1. The van der Waals surface area contributed by atoms with Gasteiger partial charge in [0, 0.05) is 43.7 Å². The highest BCUT2D eigenvalue weighted by Crippen LogP contribution is 2.34. The van der Waals surface area contributed by atoms with Gasteiger partial charge in [-0.25, -0.2) is 4.79 Å². The Labute approximate surface area is 209 Å². The molecule has 1 saturated heterocycles. The molecule has 1 aliphatic heterocycles. The number of likely N-dealkylation sites (tertiary alicyclic amines) is 1. The van der Waals surface area contributed by atoms with Crippen molar-refractivity contribution in [2.45, 2.75) is 63.5 Å². The number of nitrogens with zero attached hydrogens (tertiary/aromatic N) is 1. The topological polar surface area (TPSA) is 82.7 Å². The van der Waals surface area contributed by atoms with E-state index in [4.69, 9.17) is 16.3 Å². The van der Waals surface area contributed by atoms with E-state index in [1.807, 2.05) is 36.2 Å². The maximum atomic E-state index is 13.3. The number of rotatable bonds is 10. The summed E-state index contributed by atoms with van der Waals surface area (Å²) < 4.78 is 6.08. The van der Waals surface area contributed by atoms with Gasteiger partial charge < -0.3 is 25.6 Å². The Morgan fingerprint density at radius 1 is 1.15 bits per heavy atom. The molecule has 3 amide bonds. The molecule has 34 heavy (non-hydrogen) atoms. The Balaban J connectivity index is 1.65. The summed E-state index contributed by atoms with van der Waals surface area (Å²) in [5, 5.41) is 9.79. The van der Waals surface area contributed by atoms with Gasteiger partial charge in [0.25, 0.3) is 0 Å². The van der Waals surface area contributed by atoms with Crippen LogP contribution in [-0.2, 0) is 9.53 Å². The van der Waals surface area contributed by atoms with Crippen molar-refractivity contribution in [1.82, 2.24) is 20.9 Å². The smallest absolute Gasteiger partial charge is 0.317 e. The number of nitrogens with one attached hydrogen (secondary N) is 3. The Hall–Kier alpha value is -1.83. The lowest BCUT2D eigenvalue weighted by Gasteiger charge is -2.38. The molecule has 3 atom stereocenters. The van der Waals surface area contributed by atoms with E-state index in [0.717, 1.165) is 37.9 Å². The van der Waals surface area contributed by atoms with Crippen LogP contribution in [0.1, 0.15) is 63.0 Å². The molecule has 3 rings (SSSR count). The normalized spacial score (nSPS) is 21.0. The van der Waals surface area contributed by atoms with Crippen molar-refractivity contribution in [2.24, 2.45) is 11.8 Å². The number of benzene rings is 1. The highest BCUT2D eigenvalue weighted by Gasteiger charge is 2.32. The van der Waals surface area contributed by atoms with Crippen LogP contribution in [0.25, 0.3) is 0 Å². The number of carbonyl (C=O) groups is 2. The minimum absolute atomic E-state index is 0.00287. The molecule has 0 bridgehead atoms. The van der Waals surface area contributed by atoms with E-state index in [2.05, 4.69) is 16.0 Å². The van der Waals surface area contributed by atoms with Crippen molar-refractivity contribution in [2.75, 3.05) is 40.3 Å². The summed E-state index contributed by atoms with van der Waals surface area (Å²) in [6.07, 6.45) is 9.04. The minimum atomic E-state index is -0.304. The molecule has 0 aromatic heterocycles. The lowest BCUT2D eigenvalue weighted by molar-refractivity contribution is -0.129. The lowest BCUT2D eigenvalue weighted by atomic mass is 9.85. The van der Waals surface area contributed by atoms with Gasteiger partial charge >= 0.3 is 6.03 Å². The zero-order valence-corrected chi connectivity index (χ0v) is 21.4. The zero-order valence-electron chi connectivity index (χ0n) is 20.7. The number of amides is 3. The first-order chi connectivity index (χ1) is 16.5. The van der Waals surface area contributed by atoms with Crippen molar-refractivity contribution in [3.63, 3.8) is 0 Å². The fourth-order valence-electron chi connectivity index (χ4n) is 5.40. The van der Waals surface area contributed by atoms with Gasteiger partial charge in [0.05, 0.1) is 6.10 Å². The third-order valence-corrected chi connectivity index (χ3v) is 7.38. The summed E-state index contributed by atoms with van der Waals surface area (Å²) in [5.74, 6) is 0.616. The Kier molecular flexibility index (Phi) is 10.9. The van der Waals surface area contributed by atoms with Crippen LogP contribution < -0.4 is 16.0 Å². The molecule has 1 unspecified atom stereocenters. The number of ether oxygens (including phenoxy) is 1. The van der Waals surface area contributed by atoms with Crippen LogP contribution in [0, 0.1) is 11.8 Å². The van der Waals surface area contributed by atoms with Crippen molar-refractivity contribution >= 4 is 23.5 Å². The second-order valence-electron chi connectivity index (χ2n) is 9.75. The van der Waals surface area contributed by atoms with Crippen molar-refractivity contribution < 1.29 is 14.3 Å². The molecule has 7 nitrogen and oxygen atoms in total. The predicted octanol–water partition coefficient (Wildman–Crippen LogP) is 4.12. The maximum absolute atomic E-state index is 13.3. The summed E-state index contributed by atoms with van der Waals surface area (Å²) in [6.45, 7) is 2.07. The fourth-order valence-corrected chi connectivity index (χ4v) is 5.60. The molecule has 190 valence electrons. The van der Waals surface area contributed by atoms with E-state index in [-0.39, 0.29) is 36.6 Å². The third kappa shape index (κ3) is 8.14. The van der Waals surface area contributed by atoms with Crippen LogP contribution in [-0.4, -0.2) is 63.2 Å². The largest absolute Gasteiger partial charge is 0.363 e. The van der Waals surface area contributed by atoms with Gasteiger partial charge in [0.2, 0.25) is 5.91 Å². The molecule has 1 aliphatic carbocycles. The molecule has 8 heteroatoms. The van der Waals surface area contributed by atoms with Crippen LogP contribution in [0.3, 0.4) is 0 Å². The number of carbonyl (C=O) groups excluding carboxylic acids is 2. The first-order valence-corrected chi connectivity index (χ1v) is 13.2. The molecular formula is C26H41ClN4O3. The monoisotopic (exact) mass is 492 g/mol. The summed E-state index contributed by atoms with van der Waals surface area (Å²) in [5.41, 5.74) is 0.939. The molecule has 0 radical (unpaired) electrons. The van der Waals surface area contributed by atoms with E-state index in [0.29, 0.717) is 17.5 Å². The van der Waals surface area contributed by atoms with Gasteiger partial charge in [-0.1, -0.05) is 55.8 Å². The van der Waals surface area contributed by atoms with Gasteiger partial charge in [0.15, 0.2) is 0 Å². The van der Waals surface area contributed by atoms with Gasteiger partial charge in [-0.3, -0.25) is 4.79 Å². The molecule has 3 N–H and O–H groups in total. The van der Waals surface area contributed by atoms with Gasteiger partial charge in [-0.05, 0) is 49.9 Å². The highest BCUT2D eigenvalue weighted by molar-refractivity contribution is 6.30. The van der Waals surface area contributed by atoms with Crippen LogP contribution in [0.4, 0.5) is 4.79 Å². The number of hydrogen-bond donors (Lipinski definition) is 3. The number of piperidine rings is 1. The summed E-state index contributed by atoms with van der Waals surface area (Å²) in [7, 11) is 3.54. The number of hydrogen-bond acceptors (Lipinski definition) is 4. The minimum Gasteiger partial charge on any atom is -0.363 e. The zero-order chi connectivity index (χ0) is 24.3. The van der Waals surface area contributed by atoms with Crippen LogP contribution in [0.2, 0.25) is 5.02 Å². The average Bonchev–Trinajstić information content (AvgIpc) is 2.85. The highest BCUT2D eigenvalue weighted by atomic mass is 35.5. The SMILES string of the molecule is CNC[C@H](CC1CCCCC1)NC(=O)N1CCC[C@@H](C(OCC(=O)NC)c2cccc(Cl)c2)C1. The number of halogens is 1. The van der Waals surface area contributed by atoms with E-state index in [1.165, 1.54) is 32.1 Å². The Bertz CT molecular complexity index is 787. The van der Waals surface area contributed by atoms with Gasteiger partial charge in [-0.2, -0.15) is 0 Å². The molecule has 0 spiro atoms. The fraction of sp³-hybridized carbons (Fsp3) is 0.692. The molecule has 1 heterocycles. The van der Waals surface area contributed by atoms with E-state index in [9.17, 15) is 9.59 Å². The van der Waals surface area contributed by atoms with E-state index < -0.39 is 0 Å². The van der Waals surface area contributed by atoms with Gasteiger partial charge in [-0.15, -0.1) is 0 Å². The molecular weight excluding hydrogens is 452 g/mol. The Morgan fingerprint density at radius 2 is 1.94 bits per heavy atom. The predicted molar refractivity (Wildman–Crippen MR) is 136 cm³/mol. The molecule has 1 saturated carbocycles. The second kappa shape index (κ2) is 13.9. The average molecular weight is 493 g/mol. The van der Waals surface area contributed by atoms with Crippen LogP contribution >= 0.6 is 11.6 Å². The quantitative estimate of drug-likeness (QED) is 0.458. The second-order valence-corrected chi connectivity index (χ2v) is 10.2. The molecule has 1 aromatic rings. The van der Waals surface area contributed by atoms with E-state index >= 15 is 0 Å². The summed E-state index contributed by atoms with van der Waals surface area (Å²) >= 11 is 6.25. The van der Waals surface area contributed by atoms with Crippen LogP contribution in [0.5, 0.6) is 0 Å². The first-order valence-electron chi connectivity index (χ1n) is 12.8. The molecule has 1 aromatic carbocycles. The van der Waals surface area contributed by atoms with Crippen molar-refractivity contribution in [1.29, 1.82) is 0 Å². The van der Waals surface area contributed by atoms with Crippen molar-refractivity contribution in [3.05, 3.63) is 34.9 Å². The van der Waals surface area contributed by atoms with E-state index in [1.54, 1.807) is 7.05 Å². The first kappa shape index (κ1) is 26.8. The summed E-state index contributed by atoms with van der Waals surface area (Å²) in [4.78, 5) is 27.0. The van der Waals surface area contributed by atoms with Crippen molar-refractivity contribution in [3.8, 4) is 0 Å². The van der Waals surface area contributed by atoms with Gasteiger partial charge in [0.1, 0.15) is 6.61 Å². The Morgan fingerprint density at radius 3 is 2.65 bits per heavy atom. The molecule has 2 fully saturated rings. The summed E-state index contributed by atoms with van der Waals surface area (Å²) in [6, 6.07) is 7.73. The van der Waals surface area contributed by atoms with Crippen LogP contribution in [0.15, 0.2) is 24.3 Å². The number of likely N-dealkylation sites (N-methyl/N-ethyl adjacent to an activating group) is 2.